The van der Waals surface area contributed by atoms with Gasteiger partial charge in [-0.1, -0.05) is 18.2 Å². The molecule has 30 heavy (non-hydrogen) atoms. The number of hydrogen-bond donors (Lipinski definition) is 0. The van der Waals surface area contributed by atoms with Gasteiger partial charge in [0.15, 0.2) is 11.5 Å². The van der Waals surface area contributed by atoms with Gasteiger partial charge >= 0.3 is 5.97 Å². The summed E-state index contributed by atoms with van der Waals surface area (Å²) < 4.78 is 22.2. The van der Waals surface area contributed by atoms with Crippen LogP contribution in [0.3, 0.4) is 0 Å². The van der Waals surface area contributed by atoms with Crippen molar-refractivity contribution < 1.29 is 28.7 Å². The number of nitrogens with zero attached hydrogens (tertiary/aromatic N) is 1. The summed E-state index contributed by atoms with van der Waals surface area (Å²) in [6.45, 7) is 5.57. The minimum absolute atomic E-state index is 0.0398. The highest BCUT2D eigenvalue weighted by Crippen LogP contribution is 2.58. The smallest absolute Gasteiger partial charge is 0.318 e. The average molecular weight is 413 g/mol. The van der Waals surface area contributed by atoms with E-state index >= 15 is 0 Å². The maximum absolute atomic E-state index is 13.1. The van der Waals surface area contributed by atoms with Crippen LogP contribution >= 0.6 is 0 Å². The van der Waals surface area contributed by atoms with Crippen molar-refractivity contribution in [3.63, 3.8) is 0 Å². The standard InChI is InChI=1S/C22H23NO7/c1-6-11-22(2)18(13-7-9-14(10-8-13)23(25)26)17-15(30-21(22)24)12-16(27-3)19(28-4)20(17)29-5/h6-10,12,18H,1,11H2,2-5H3/t18-,22+/m0/s1. The lowest BCUT2D eigenvalue weighted by molar-refractivity contribution is -0.384. The quantitative estimate of drug-likeness (QED) is 0.220. The molecule has 2 aromatic carbocycles. The van der Waals surface area contributed by atoms with Crippen LogP contribution in [-0.2, 0) is 4.79 Å². The van der Waals surface area contributed by atoms with Gasteiger partial charge in [0, 0.05) is 29.7 Å². The van der Waals surface area contributed by atoms with Gasteiger partial charge in [-0.25, -0.2) is 0 Å². The number of nitro groups is 1. The Hall–Kier alpha value is -3.55. The number of ether oxygens (including phenoxy) is 4. The third-order valence-electron chi connectivity index (χ3n) is 5.43. The molecule has 0 saturated heterocycles. The van der Waals surface area contributed by atoms with E-state index in [4.69, 9.17) is 18.9 Å². The van der Waals surface area contributed by atoms with Crippen LogP contribution in [0.5, 0.6) is 23.0 Å². The number of benzene rings is 2. The summed E-state index contributed by atoms with van der Waals surface area (Å²) in [5, 5.41) is 11.1. The summed E-state index contributed by atoms with van der Waals surface area (Å²) in [6, 6.07) is 7.69. The lowest BCUT2D eigenvalue weighted by Crippen LogP contribution is -2.42. The van der Waals surface area contributed by atoms with Crippen molar-refractivity contribution >= 4 is 11.7 Å². The average Bonchev–Trinajstić information content (AvgIpc) is 2.73. The van der Waals surface area contributed by atoms with Crippen LogP contribution in [0.2, 0.25) is 0 Å². The molecule has 158 valence electrons. The summed E-state index contributed by atoms with van der Waals surface area (Å²) in [5.41, 5.74) is 0.251. The van der Waals surface area contributed by atoms with Gasteiger partial charge < -0.3 is 18.9 Å². The highest BCUT2D eigenvalue weighted by Gasteiger charge is 2.50. The Morgan fingerprint density at radius 1 is 1.17 bits per heavy atom. The van der Waals surface area contributed by atoms with E-state index in [1.54, 1.807) is 31.2 Å². The number of methoxy groups -OCH3 is 3. The molecule has 8 heteroatoms. The van der Waals surface area contributed by atoms with Crippen molar-refractivity contribution in [3.05, 3.63) is 64.2 Å². The zero-order valence-corrected chi connectivity index (χ0v) is 17.3. The van der Waals surface area contributed by atoms with Crippen LogP contribution in [0.15, 0.2) is 43.0 Å². The Bertz CT molecular complexity index is 1000. The first-order chi connectivity index (χ1) is 14.3. The fraction of sp³-hybridized carbons (Fsp3) is 0.318. The number of non-ortho nitro benzene ring substituents is 1. The Morgan fingerprint density at radius 2 is 1.80 bits per heavy atom. The molecular weight excluding hydrogens is 390 g/mol. The summed E-state index contributed by atoms with van der Waals surface area (Å²) in [4.78, 5) is 23.7. The van der Waals surface area contributed by atoms with E-state index in [-0.39, 0.29) is 5.69 Å². The lowest BCUT2D eigenvalue weighted by Gasteiger charge is -2.41. The highest BCUT2D eigenvalue weighted by atomic mass is 16.6. The minimum Gasteiger partial charge on any atom is -0.493 e. The number of fused-ring (bicyclic) bond motifs is 1. The fourth-order valence-electron chi connectivity index (χ4n) is 3.99. The van der Waals surface area contributed by atoms with Gasteiger partial charge in [-0.05, 0) is 18.9 Å². The first kappa shape index (κ1) is 21.2. The maximum atomic E-state index is 13.1. The molecule has 0 saturated carbocycles. The van der Waals surface area contributed by atoms with E-state index in [1.165, 1.54) is 33.5 Å². The molecule has 0 bridgehead atoms. The Balaban J connectivity index is 2.35. The molecule has 3 rings (SSSR count). The lowest BCUT2D eigenvalue weighted by atomic mass is 9.66. The van der Waals surface area contributed by atoms with E-state index in [1.807, 2.05) is 0 Å². The normalized spacial score (nSPS) is 20.0. The minimum atomic E-state index is -1.02. The molecule has 0 amide bonds. The summed E-state index contributed by atoms with van der Waals surface area (Å²) >= 11 is 0. The van der Waals surface area contributed by atoms with Crippen LogP contribution in [0.4, 0.5) is 5.69 Å². The van der Waals surface area contributed by atoms with Crippen molar-refractivity contribution in [3.8, 4) is 23.0 Å². The highest BCUT2D eigenvalue weighted by molar-refractivity contribution is 5.86. The van der Waals surface area contributed by atoms with Gasteiger partial charge in [-0.15, -0.1) is 6.58 Å². The summed E-state index contributed by atoms with van der Waals surface area (Å²) in [6.07, 6.45) is 1.97. The first-order valence-electron chi connectivity index (χ1n) is 9.22. The molecule has 1 aliphatic rings. The predicted molar refractivity (Wildman–Crippen MR) is 110 cm³/mol. The zero-order valence-electron chi connectivity index (χ0n) is 17.3. The van der Waals surface area contributed by atoms with Crippen molar-refractivity contribution in [2.45, 2.75) is 19.3 Å². The summed E-state index contributed by atoms with van der Waals surface area (Å²) in [5.74, 6) is 0.424. The summed E-state index contributed by atoms with van der Waals surface area (Å²) in [7, 11) is 4.46. The van der Waals surface area contributed by atoms with E-state index in [2.05, 4.69) is 6.58 Å². The SMILES string of the molecule is C=CC[C@@]1(C)C(=O)Oc2cc(OC)c(OC)c(OC)c2[C@@H]1c1ccc([N+](=O)[O-])cc1. The molecule has 0 unspecified atom stereocenters. The molecule has 0 N–H and O–H groups in total. The van der Waals surface area contributed by atoms with Gasteiger partial charge in [-0.2, -0.15) is 0 Å². The molecular formula is C22H23NO7. The second-order valence-corrected chi connectivity index (χ2v) is 7.14. The largest absolute Gasteiger partial charge is 0.493 e. The van der Waals surface area contributed by atoms with Crippen LogP contribution in [0, 0.1) is 15.5 Å². The maximum Gasteiger partial charge on any atom is 0.318 e. The number of nitro benzene ring substituents is 1. The zero-order chi connectivity index (χ0) is 22.1. The Morgan fingerprint density at radius 3 is 2.30 bits per heavy atom. The molecule has 1 heterocycles. The topological polar surface area (TPSA) is 97.1 Å². The molecule has 0 aliphatic carbocycles. The number of carbonyl (C=O) groups excluding carboxylic acids is 1. The van der Waals surface area contributed by atoms with E-state index < -0.39 is 22.2 Å². The van der Waals surface area contributed by atoms with Crippen LogP contribution in [0.25, 0.3) is 0 Å². The van der Waals surface area contributed by atoms with Crippen molar-refractivity contribution in [2.75, 3.05) is 21.3 Å². The number of esters is 1. The molecule has 0 fully saturated rings. The van der Waals surface area contributed by atoms with Crippen molar-refractivity contribution in [1.29, 1.82) is 0 Å². The van der Waals surface area contributed by atoms with Gasteiger partial charge in [0.2, 0.25) is 5.75 Å². The second kappa shape index (κ2) is 8.06. The molecule has 0 radical (unpaired) electrons. The van der Waals surface area contributed by atoms with Crippen LogP contribution in [-0.4, -0.2) is 32.2 Å². The number of hydrogen-bond acceptors (Lipinski definition) is 7. The second-order valence-electron chi connectivity index (χ2n) is 7.14. The molecule has 8 nitrogen and oxygen atoms in total. The number of rotatable bonds is 7. The Labute approximate surface area is 174 Å². The van der Waals surface area contributed by atoms with Gasteiger partial charge in [0.05, 0.1) is 31.7 Å². The van der Waals surface area contributed by atoms with E-state index in [9.17, 15) is 14.9 Å². The molecule has 2 atom stereocenters. The van der Waals surface area contributed by atoms with E-state index in [0.29, 0.717) is 40.5 Å². The van der Waals surface area contributed by atoms with E-state index in [0.717, 1.165) is 0 Å². The monoisotopic (exact) mass is 413 g/mol. The number of allylic oxidation sites excluding steroid dienone is 1. The third kappa shape index (κ3) is 3.24. The van der Waals surface area contributed by atoms with Crippen LogP contribution in [0.1, 0.15) is 30.4 Å². The number of carbonyl (C=O) groups is 1. The van der Waals surface area contributed by atoms with Gasteiger partial charge in [-0.3, -0.25) is 14.9 Å². The fourth-order valence-corrected chi connectivity index (χ4v) is 3.99. The Kier molecular flexibility index (Phi) is 5.69. The molecule has 2 aromatic rings. The molecule has 0 spiro atoms. The van der Waals surface area contributed by atoms with Gasteiger partial charge in [0.25, 0.3) is 5.69 Å². The predicted octanol–water partition coefficient (Wildman–Crippen LogP) is 4.25. The first-order valence-corrected chi connectivity index (χ1v) is 9.22. The van der Waals surface area contributed by atoms with Crippen LogP contribution < -0.4 is 18.9 Å². The van der Waals surface area contributed by atoms with Crippen molar-refractivity contribution in [2.24, 2.45) is 5.41 Å². The molecule has 1 aliphatic heterocycles. The van der Waals surface area contributed by atoms with Crippen molar-refractivity contribution in [1.82, 2.24) is 0 Å². The van der Waals surface area contributed by atoms with Gasteiger partial charge in [0.1, 0.15) is 5.75 Å². The molecule has 0 aromatic heterocycles. The third-order valence-corrected chi connectivity index (χ3v) is 5.43.